The van der Waals surface area contributed by atoms with Gasteiger partial charge in [-0.3, -0.25) is 9.59 Å². The molecule has 0 radical (unpaired) electrons. The number of halogens is 1. The van der Waals surface area contributed by atoms with Crippen LogP contribution in [0.25, 0.3) is 0 Å². The molecule has 2 aromatic carbocycles. The number of carbonyl (C=O) groups is 2. The van der Waals surface area contributed by atoms with E-state index in [0.717, 1.165) is 10.5 Å². The molecule has 0 aromatic heterocycles. The van der Waals surface area contributed by atoms with Crippen LogP contribution in [0.3, 0.4) is 0 Å². The van der Waals surface area contributed by atoms with Gasteiger partial charge < -0.3 is 11.1 Å². The Morgan fingerprint density at radius 1 is 1.13 bits per heavy atom. The Hall–Kier alpha value is -2.34. The lowest BCUT2D eigenvalue weighted by molar-refractivity contribution is -0.120. The normalized spacial score (nSPS) is 10.3. The van der Waals surface area contributed by atoms with Crippen LogP contribution in [0.1, 0.15) is 22.3 Å². The predicted octanol–water partition coefficient (Wildman–Crippen LogP) is 2.72. The van der Waals surface area contributed by atoms with E-state index in [4.69, 9.17) is 5.73 Å². The van der Waals surface area contributed by atoms with Gasteiger partial charge in [0, 0.05) is 29.2 Å². The van der Waals surface area contributed by atoms with E-state index in [2.05, 4.69) is 5.32 Å². The number of rotatable bonds is 7. The van der Waals surface area contributed by atoms with Crippen molar-refractivity contribution in [2.24, 2.45) is 5.73 Å². The van der Waals surface area contributed by atoms with Crippen molar-refractivity contribution in [3.05, 3.63) is 65.5 Å². The van der Waals surface area contributed by atoms with Gasteiger partial charge in [-0.2, -0.15) is 0 Å². The smallest absolute Gasteiger partial charge is 0.248 e. The Labute approximate surface area is 138 Å². The van der Waals surface area contributed by atoms with E-state index < -0.39 is 5.91 Å². The second kappa shape index (κ2) is 8.33. The monoisotopic (exact) mass is 332 g/mol. The Morgan fingerprint density at radius 3 is 2.57 bits per heavy atom. The summed E-state index contributed by atoms with van der Waals surface area (Å²) in [7, 11) is 0. The zero-order chi connectivity index (χ0) is 16.7. The van der Waals surface area contributed by atoms with Gasteiger partial charge in [-0.05, 0) is 42.0 Å². The molecule has 2 rings (SSSR count). The van der Waals surface area contributed by atoms with E-state index in [-0.39, 0.29) is 11.7 Å². The molecule has 0 aliphatic carbocycles. The first-order valence-corrected chi connectivity index (χ1v) is 8.07. The van der Waals surface area contributed by atoms with Crippen LogP contribution in [-0.2, 0) is 11.3 Å². The second-order valence-electron chi connectivity index (χ2n) is 4.89. The Balaban J connectivity index is 1.73. The Morgan fingerprint density at radius 2 is 1.87 bits per heavy atom. The van der Waals surface area contributed by atoms with Crippen molar-refractivity contribution in [1.29, 1.82) is 0 Å². The fraction of sp³-hybridized carbons (Fsp3) is 0.176. The molecule has 0 spiro atoms. The van der Waals surface area contributed by atoms with E-state index in [9.17, 15) is 14.0 Å². The van der Waals surface area contributed by atoms with Gasteiger partial charge in [0.1, 0.15) is 5.82 Å². The lowest BCUT2D eigenvalue weighted by Crippen LogP contribution is -2.23. The molecule has 3 N–H and O–H groups in total. The van der Waals surface area contributed by atoms with Gasteiger partial charge in [-0.25, -0.2) is 4.39 Å². The summed E-state index contributed by atoms with van der Waals surface area (Å²) in [6, 6.07) is 13.0. The second-order valence-corrected chi connectivity index (χ2v) is 6.06. The van der Waals surface area contributed by atoms with Crippen LogP contribution in [-0.4, -0.2) is 17.6 Å². The minimum absolute atomic E-state index is 0.0795. The maximum absolute atomic E-state index is 12.8. The van der Waals surface area contributed by atoms with Crippen LogP contribution in [0, 0.1) is 5.82 Å². The van der Waals surface area contributed by atoms with Gasteiger partial charge in [-0.1, -0.05) is 12.1 Å². The third-order valence-electron chi connectivity index (χ3n) is 3.11. The van der Waals surface area contributed by atoms with Gasteiger partial charge in [0.05, 0.1) is 0 Å². The van der Waals surface area contributed by atoms with E-state index >= 15 is 0 Å². The van der Waals surface area contributed by atoms with E-state index in [1.165, 1.54) is 23.9 Å². The fourth-order valence-electron chi connectivity index (χ4n) is 1.92. The minimum atomic E-state index is -0.492. The third kappa shape index (κ3) is 5.75. The SMILES string of the molecule is NC(=O)c1cccc(CNC(=O)CCSc2ccc(F)cc2)c1. The highest BCUT2D eigenvalue weighted by molar-refractivity contribution is 7.99. The molecule has 0 saturated heterocycles. The number of thioether (sulfide) groups is 1. The first kappa shape index (κ1) is 17.0. The molecule has 2 aromatic rings. The molecule has 6 heteroatoms. The number of benzene rings is 2. The van der Waals surface area contributed by atoms with Crippen molar-refractivity contribution in [2.75, 3.05) is 5.75 Å². The number of amides is 2. The maximum Gasteiger partial charge on any atom is 0.248 e. The summed E-state index contributed by atoms with van der Waals surface area (Å²) in [6.45, 7) is 0.348. The van der Waals surface area contributed by atoms with Crippen LogP contribution in [0.2, 0.25) is 0 Å². The third-order valence-corrected chi connectivity index (χ3v) is 4.13. The van der Waals surface area contributed by atoms with Crippen molar-refractivity contribution >= 4 is 23.6 Å². The van der Waals surface area contributed by atoms with Gasteiger partial charge in [0.25, 0.3) is 0 Å². The van der Waals surface area contributed by atoms with Gasteiger partial charge >= 0.3 is 0 Å². The number of primary amides is 1. The van der Waals surface area contributed by atoms with Crippen molar-refractivity contribution in [2.45, 2.75) is 17.9 Å². The molecule has 2 amide bonds. The van der Waals surface area contributed by atoms with E-state index in [0.29, 0.717) is 24.3 Å². The van der Waals surface area contributed by atoms with E-state index in [1.54, 1.807) is 30.3 Å². The fourth-order valence-corrected chi connectivity index (χ4v) is 2.77. The molecule has 0 fully saturated rings. The highest BCUT2D eigenvalue weighted by Crippen LogP contribution is 2.18. The zero-order valence-corrected chi connectivity index (χ0v) is 13.2. The molecule has 23 heavy (non-hydrogen) atoms. The molecular formula is C17H17FN2O2S. The van der Waals surface area contributed by atoms with Crippen LogP contribution in [0.4, 0.5) is 4.39 Å². The predicted molar refractivity (Wildman–Crippen MR) is 88.5 cm³/mol. The highest BCUT2D eigenvalue weighted by atomic mass is 32.2. The molecule has 0 aliphatic heterocycles. The first-order chi connectivity index (χ1) is 11.0. The Kier molecular flexibility index (Phi) is 6.17. The molecule has 4 nitrogen and oxygen atoms in total. The summed E-state index contributed by atoms with van der Waals surface area (Å²) >= 11 is 1.50. The molecule has 0 atom stereocenters. The molecule has 0 saturated carbocycles. The number of carbonyl (C=O) groups excluding carboxylic acids is 2. The number of hydrogen-bond donors (Lipinski definition) is 2. The lowest BCUT2D eigenvalue weighted by atomic mass is 10.1. The minimum Gasteiger partial charge on any atom is -0.366 e. The maximum atomic E-state index is 12.8. The summed E-state index contributed by atoms with van der Waals surface area (Å²) in [5.41, 5.74) is 6.46. The number of nitrogens with one attached hydrogen (secondary N) is 1. The molecular weight excluding hydrogens is 315 g/mol. The molecule has 0 bridgehead atoms. The topological polar surface area (TPSA) is 72.2 Å². The molecule has 0 unspecified atom stereocenters. The average molecular weight is 332 g/mol. The summed E-state index contributed by atoms with van der Waals surface area (Å²) in [6.07, 6.45) is 0.359. The summed E-state index contributed by atoms with van der Waals surface area (Å²) in [4.78, 5) is 23.8. The zero-order valence-electron chi connectivity index (χ0n) is 12.4. The van der Waals surface area contributed by atoms with E-state index in [1.807, 2.05) is 6.07 Å². The summed E-state index contributed by atoms with van der Waals surface area (Å²) < 4.78 is 12.8. The summed E-state index contributed by atoms with van der Waals surface area (Å²) in [5.74, 6) is -0.234. The molecule has 120 valence electrons. The number of nitrogens with two attached hydrogens (primary N) is 1. The Bertz CT molecular complexity index is 689. The standard InChI is InChI=1S/C17H17FN2O2S/c18-14-4-6-15(7-5-14)23-9-8-16(21)20-11-12-2-1-3-13(10-12)17(19)22/h1-7,10H,8-9,11H2,(H2,19,22)(H,20,21). The largest absolute Gasteiger partial charge is 0.366 e. The first-order valence-electron chi connectivity index (χ1n) is 7.08. The molecule has 0 aliphatic rings. The van der Waals surface area contributed by atoms with Crippen molar-refractivity contribution in [1.82, 2.24) is 5.32 Å². The van der Waals surface area contributed by atoms with Crippen molar-refractivity contribution in [3.8, 4) is 0 Å². The lowest BCUT2D eigenvalue weighted by Gasteiger charge is -2.06. The van der Waals surface area contributed by atoms with Gasteiger partial charge in [0.2, 0.25) is 11.8 Å². The van der Waals surface area contributed by atoms with Gasteiger partial charge in [0.15, 0.2) is 0 Å². The average Bonchev–Trinajstić information content (AvgIpc) is 2.55. The van der Waals surface area contributed by atoms with Crippen molar-refractivity contribution in [3.63, 3.8) is 0 Å². The van der Waals surface area contributed by atoms with Crippen molar-refractivity contribution < 1.29 is 14.0 Å². The van der Waals surface area contributed by atoms with Gasteiger partial charge in [-0.15, -0.1) is 11.8 Å². The summed E-state index contributed by atoms with van der Waals surface area (Å²) in [5, 5.41) is 2.80. The quantitative estimate of drug-likeness (QED) is 0.766. The van der Waals surface area contributed by atoms with Crippen LogP contribution in [0.15, 0.2) is 53.4 Å². The molecule has 0 heterocycles. The van der Waals surface area contributed by atoms with Crippen LogP contribution >= 0.6 is 11.8 Å². The van der Waals surface area contributed by atoms with Crippen LogP contribution < -0.4 is 11.1 Å². The van der Waals surface area contributed by atoms with Crippen LogP contribution in [0.5, 0.6) is 0 Å². The number of hydrogen-bond acceptors (Lipinski definition) is 3. The highest BCUT2D eigenvalue weighted by Gasteiger charge is 2.05.